The van der Waals surface area contributed by atoms with Gasteiger partial charge in [-0.25, -0.2) is 22.0 Å². The molecule has 1 N–H and O–H groups in total. The van der Waals surface area contributed by atoms with Crippen LogP contribution in [0.2, 0.25) is 0 Å². The number of amides is 1. The molecule has 186 valence electrons. The SMILES string of the molecule is CC(C)(C)OC(=O)N[C@H]1C[C@@H](N2Cc3cnn(S(C)(=O)=O)c3C2)COC1c1cc(F)ccc1F. The third-order valence-corrected chi connectivity index (χ3v) is 6.75. The van der Waals surface area contributed by atoms with Gasteiger partial charge < -0.3 is 14.8 Å². The van der Waals surface area contributed by atoms with Crippen molar-refractivity contribution in [3.8, 4) is 0 Å². The Kier molecular flexibility index (Phi) is 6.42. The minimum Gasteiger partial charge on any atom is -0.444 e. The van der Waals surface area contributed by atoms with Gasteiger partial charge in [0.25, 0.3) is 10.0 Å². The molecule has 0 bridgehead atoms. The largest absolute Gasteiger partial charge is 0.444 e. The van der Waals surface area contributed by atoms with E-state index in [1.165, 1.54) is 6.20 Å². The molecule has 1 aromatic heterocycles. The Hall–Kier alpha value is -2.57. The first-order valence-electron chi connectivity index (χ1n) is 10.9. The number of alkyl carbamates (subject to hydrolysis) is 1. The average Bonchev–Trinajstić information content (AvgIpc) is 3.28. The second-order valence-electron chi connectivity index (χ2n) is 9.69. The molecule has 9 nitrogen and oxygen atoms in total. The number of hydrogen-bond donors (Lipinski definition) is 1. The molecule has 1 aromatic carbocycles. The third kappa shape index (κ3) is 5.23. The van der Waals surface area contributed by atoms with E-state index >= 15 is 0 Å². The van der Waals surface area contributed by atoms with Crippen LogP contribution in [0.25, 0.3) is 0 Å². The van der Waals surface area contributed by atoms with E-state index in [4.69, 9.17) is 9.47 Å². The second-order valence-corrected chi connectivity index (χ2v) is 11.5. The van der Waals surface area contributed by atoms with E-state index < -0.39 is 45.5 Å². The van der Waals surface area contributed by atoms with Gasteiger partial charge in [-0.3, -0.25) is 4.90 Å². The van der Waals surface area contributed by atoms with Gasteiger partial charge in [0.05, 0.1) is 30.8 Å². The topological polar surface area (TPSA) is 103 Å². The summed E-state index contributed by atoms with van der Waals surface area (Å²) >= 11 is 0. The van der Waals surface area contributed by atoms with E-state index in [0.717, 1.165) is 34.1 Å². The predicted molar refractivity (Wildman–Crippen MR) is 118 cm³/mol. The Balaban J connectivity index is 1.56. The molecular formula is C22H28F2N4O5S. The number of ether oxygens (including phenoxy) is 2. The fourth-order valence-electron chi connectivity index (χ4n) is 4.40. The predicted octanol–water partition coefficient (Wildman–Crippen LogP) is 2.71. The number of nitrogens with one attached hydrogen (secondary N) is 1. The number of rotatable bonds is 4. The smallest absolute Gasteiger partial charge is 0.407 e. The van der Waals surface area contributed by atoms with Crippen LogP contribution in [0.15, 0.2) is 24.4 Å². The number of hydrogen-bond acceptors (Lipinski definition) is 7. The van der Waals surface area contributed by atoms with Gasteiger partial charge >= 0.3 is 6.09 Å². The minimum atomic E-state index is -3.54. The van der Waals surface area contributed by atoms with Crippen molar-refractivity contribution in [2.75, 3.05) is 12.9 Å². The Labute approximate surface area is 197 Å². The van der Waals surface area contributed by atoms with Gasteiger partial charge in [0, 0.05) is 30.3 Å². The van der Waals surface area contributed by atoms with Crippen LogP contribution in [0.1, 0.15) is 50.1 Å². The number of aromatic nitrogens is 2. The fraction of sp³-hybridized carbons (Fsp3) is 0.545. The number of nitrogens with zero attached hydrogens (tertiary/aromatic N) is 3. The normalized spacial score (nSPS) is 23.5. The summed E-state index contributed by atoms with van der Waals surface area (Å²) in [6.07, 6.45) is 1.36. The molecule has 4 rings (SSSR count). The van der Waals surface area contributed by atoms with Gasteiger partial charge in [-0.2, -0.15) is 9.19 Å². The number of carbonyl (C=O) groups excluding carboxylic acids is 1. The van der Waals surface area contributed by atoms with Gasteiger partial charge in [0.2, 0.25) is 0 Å². The first-order valence-corrected chi connectivity index (χ1v) is 12.7. The van der Waals surface area contributed by atoms with E-state index in [1.54, 1.807) is 20.8 Å². The first kappa shape index (κ1) is 24.6. The number of carbonyl (C=O) groups is 1. The van der Waals surface area contributed by atoms with Crippen molar-refractivity contribution in [3.63, 3.8) is 0 Å². The van der Waals surface area contributed by atoms with Crippen LogP contribution < -0.4 is 5.32 Å². The standard InChI is InChI=1S/C22H28F2N4O5S/c1-22(2,3)33-21(29)26-18-8-15(12-32-20(18)16-7-14(23)5-6-17(16)24)27-10-13-9-25-28(19(13)11-27)34(4,30)31/h5-7,9,15,18,20H,8,10-12H2,1-4H3,(H,26,29)/t15-,18+,20?/m1/s1. The van der Waals surface area contributed by atoms with Crippen molar-refractivity contribution >= 4 is 16.1 Å². The summed E-state index contributed by atoms with van der Waals surface area (Å²) in [7, 11) is -3.54. The molecule has 2 aliphatic rings. The lowest BCUT2D eigenvalue weighted by molar-refractivity contribution is -0.0629. The molecule has 3 heterocycles. The van der Waals surface area contributed by atoms with Crippen molar-refractivity contribution in [3.05, 3.63) is 52.9 Å². The molecule has 34 heavy (non-hydrogen) atoms. The highest BCUT2D eigenvalue weighted by Crippen LogP contribution is 2.35. The van der Waals surface area contributed by atoms with E-state index in [1.807, 2.05) is 4.90 Å². The molecule has 2 aliphatic heterocycles. The summed E-state index contributed by atoms with van der Waals surface area (Å²) in [6, 6.07) is 2.19. The summed E-state index contributed by atoms with van der Waals surface area (Å²) < 4.78 is 64.8. The highest BCUT2D eigenvalue weighted by atomic mass is 32.2. The zero-order valence-corrected chi connectivity index (χ0v) is 20.2. The van der Waals surface area contributed by atoms with Crippen molar-refractivity contribution < 1.29 is 31.5 Å². The van der Waals surface area contributed by atoms with Crippen LogP contribution in [0.3, 0.4) is 0 Å². The van der Waals surface area contributed by atoms with E-state index in [2.05, 4.69) is 10.4 Å². The number of fused-ring (bicyclic) bond motifs is 1. The second kappa shape index (κ2) is 8.90. The van der Waals surface area contributed by atoms with Crippen LogP contribution in [0.4, 0.5) is 13.6 Å². The summed E-state index contributed by atoms with van der Waals surface area (Å²) in [6.45, 7) is 6.14. The zero-order valence-electron chi connectivity index (χ0n) is 19.4. The van der Waals surface area contributed by atoms with Crippen LogP contribution >= 0.6 is 0 Å². The molecule has 3 atom stereocenters. The number of benzene rings is 1. The minimum absolute atomic E-state index is 0.0111. The van der Waals surface area contributed by atoms with Crippen molar-refractivity contribution in [2.24, 2.45) is 0 Å². The Morgan fingerprint density at radius 1 is 1.26 bits per heavy atom. The van der Waals surface area contributed by atoms with Gasteiger partial charge in [-0.15, -0.1) is 0 Å². The quantitative estimate of drug-likeness (QED) is 0.692. The molecule has 1 fully saturated rings. The molecule has 0 aliphatic carbocycles. The van der Waals surface area contributed by atoms with Crippen LogP contribution in [0.5, 0.6) is 0 Å². The fourth-order valence-corrected chi connectivity index (χ4v) is 5.19. The zero-order chi connectivity index (χ0) is 24.8. The highest BCUT2D eigenvalue weighted by Gasteiger charge is 2.40. The lowest BCUT2D eigenvalue weighted by atomic mass is 9.92. The summed E-state index contributed by atoms with van der Waals surface area (Å²) in [4.78, 5) is 14.6. The van der Waals surface area contributed by atoms with Crippen molar-refractivity contribution in [1.29, 1.82) is 0 Å². The third-order valence-electron chi connectivity index (χ3n) is 5.80. The van der Waals surface area contributed by atoms with Crippen LogP contribution in [0, 0.1) is 11.6 Å². The first-order chi connectivity index (χ1) is 15.8. The Bertz CT molecular complexity index is 1190. The van der Waals surface area contributed by atoms with Crippen molar-refractivity contribution in [1.82, 2.24) is 19.4 Å². The van der Waals surface area contributed by atoms with E-state index in [0.29, 0.717) is 25.2 Å². The maximum atomic E-state index is 14.6. The molecule has 1 saturated heterocycles. The van der Waals surface area contributed by atoms with Crippen LogP contribution in [-0.2, 0) is 32.6 Å². The highest BCUT2D eigenvalue weighted by molar-refractivity contribution is 7.89. The van der Waals surface area contributed by atoms with Gasteiger partial charge in [0.15, 0.2) is 0 Å². The average molecular weight is 499 g/mol. The molecule has 0 saturated carbocycles. The van der Waals surface area contributed by atoms with Gasteiger partial charge in [-0.1, -0.05) is 0 Å². The monoisotopic (exact) mass is 498 g/mol. The summed E-state index contributed by atoms with van der Waals surface area (Å²) in [5.41, 5.74) is 0.641. The Morgan fingerprint density at radius 3 is 2.68 bits per heavy atom. The molecular weight excluding hydrogens is 470 g/mol. The molecule has 0 spiro atoms. The molecule has 1 amide bonds. The molecule has 0 radical (unpaired) electrons. The van der Waals surface area contributed by atoms with E-state index in [-0.39, 0.29) is 18.2 Å². The lowest BCUT2D eigenvalue weighted by Crippen LogP contribution is -2.52. The maximum absolute atomic E-state index is 14.6. The van der Waals surface area contributed by atoms with Gasteiger partial charge in [-0.05, 0) is 45.4 Å². The van der Waals surface area contributed by atoms with E-state index in [9.17, 15) is 22.0 Å². The molecule has 1 unspecified atom stereocenters. The van der Waals surface area contributed by atoms with Gasteiger partial charge in [0.1, 0.15) is 23.3 Å². The summed E-state index contributed by atoms with van der Waals surface area (Å²) in [5.74, 6) is -1.25. The van der Waals surface area contributed by atoms with Crippen molar-refractivity contribution in [2.45, 2.75) is 64.1 Å². The maximum Gasteiger partial charge on any atom is 0.407 e. The van der Waals surface area contributed by atoms with Crippen LogP contribution in [-0.4, -0.2) is 59.1 Å². The lowest BCUT2D eigenvalue weighted by Gasteiger charge is -2.40. The number of halogens is 2. The molecule has 2 aromatic rings. The summed E-state index contributed by atoms with van der Waals surface area (Å²) in [5, 5.41) is 6.73. The molecule has 12 heteroatoms. The Morgan fingerprint density at radius 2 is 2.00 bits per heavy atom.